The molecule has 4 nitrogen and oxygen atoms in total. The maximum atomic E-state index is 12.4. The Morgan fingerprint density at radius 2 is 1.61 bits per heavy atom. The van der Waals surface area contributed by atoms with Gasteiger partial charge in [-0.1, -0.05) is 58.8 Å². The molecule has 0 aliphatic heterocycles. The minimum absolute atomic E-state index is 0.111. The van der Waals surface area contributed by atoms with E-state index in [-0.39, 0.29) is 17.4 Å². The van der Waals surface area contributed by atoms with Crippen molar-refractivity contribution >= 4 is 11.7 Å². The molecule has 0 aromatic rings. The van der Waals surface area contributed by atoms with Crippen LogP contribution in [0.15, 0.2) is 0 Å². The summed E-state index contributed by atoms with van der Waals surface area (Å²) < 4.78 is 0. The van der Waals surface area contributed by atoms with Crippen molar-refractivity contribution in [3.63, 3.8) is 0 Å². The summed E-state index contributed by atoms with van der Waals surface area (Å²) in [4.78, 5) is 26.2. The molecule has 4 aliphatic rings. The van der Waals surface area contributed by atoms with Crippen molar-refractivity contribution in [1.82, 2.24) is 4.90 Å². The predicted molar refractivity (Wildman–Crippen MR) is 146 cm³/mol. The van der Waals surface area contributed by atoms with Crippen LogP contribution in [0.1, 0.15) is 130 Å². The molecule has 0 unspecified atom stereocenters. The van der Waals surface area contributed by atoms with E-state index in [1.165, 1.54) is 70.6 Å². The first kappa shape index (κ1) is 28.1. The molecule has 36 heavy (non-hydrogen) atoms. The number of nitrogens with zero attached hydrogens (tertiary/aromatic N) is 1. The summed E-state index contributed by atoms with van der Waals surface area (Å²) in [5.41, 5.74) is 0.470. The summed E-state index contributed by atoms with van der Waals surface area (Å²) in [5.74, 6) is 4.33. The topological polar surface area (TPSA) is 57.6 Å². The summed E-state index contributed by atoms with van der Waals surface area (Å²) in [5, 5.41) is 10.9. The second-order valence-corrected chi connectivity index (χ2v) is 13.8. The number of Topliss-reactive ketones (excluding diaryl/α,β-unsaturated/α-hetero) is 1. The van der Waals surface area contributed by atoms with Gasteiger partial charge in [0.05, 0.1) is 6.10 Å². The van der Waals surface area contributed by atoms with Gasteiger partial charge in [-0.15, -0.1) is 0 Å². The number of hydrogen-bond donors (Lipinski definition) is 1. The van der Waals surface area contributed by atoms with Crippen molar-refractivity contribution in [1.29, 1.82) is 0 Å². The number of hydrogen-bond acceptors (Lipinski definition) is 3. The van der Waals surface area contributed by atoms with Crippen LogP contribution in [-0.2, 0) is 9.59 Å². The molecule has 0 spiro atoms. The number of carbonyl (C=O) groups is 2. The van der Waals surface area contributed by atoms with Crippen molar-refractivity contribution in [2.24, 2.45) is 40.4 Å². The first-order valence-electron chi connectivity index (χ1n) is 15.6. The average molecular weight is 502 g/mol. The highest BCUT2D eigenvalue weighted by Gasteiger charge is 2.62. The molecule has 0 saturated heterocycles. The van der Waals surface area contributed by atoms with Gasteiger partial charge in [0.15, 0.2) is 0 Å². The first-order valence-corrected chi connectivity index (χ1v) is 15.6. The minimum atomic E-state index is -0.111. The molecule has 4 fully saturated rings. The Morgan fingerprint density at radius 1 is 0.944 bits per heavy atom. The zero-order valence-electron chi connectivity index (χ0n) is 23.9. The maximum absolute atomic E-state index is 12.4. The quantitative estimate of drug-likeness (QED) is 0.305. The van der Waals surface area contributed by atoms with Crippen LogP contribution in [0.25, 0.3) is 0 Å². The van der Waals surface area contributed by atoms with Crippen molar-refractivity contribution in [3.05, 3.63) is 0 Å². The third-order valence-electron chi connectivity index (χ3n) is 12.0. The van der Waals surface area contributed by atoms with Crippen LogP contribution in [0.3, 0.4) is 0 Å². The van der Waals surface area contributed by atoms with Gasteiger partial charge in [-0.2, -0.15) is 0 Å². The zero-order valence-corrected chi connectivity index (χ0v) is 23.9. The van der Waals surface area contributed by atoms with Crippen LogP contribution in [0.5, 0.6) is 0 Å². The molecule has 0 aromatic carbocycles. The summed E-state index contributed by atoms with van der Waals surface area (Å²) in [6.07, 6.45) is 19.2. The van der Waals surface area contributed by atoms with Gasteiger partial charge < -0.3 is 10.0 Å². The van der Waals surface area contributed by atoms with E-state index in [9.17, 15) is 14.7 Å². The number of carbonyl (C=O) groups excluding carboxylic acids is 2. The number of aliphatic hydroxyl groups is 1. The summed E-state index contributed by atoms with van der Waals surface area (Å²) in [7, 11) is 1.89. The molecule has 0 bridgehead atoms. The molecule has 1 amide bonds. The molecule has 8 atom stereocenters. The van der Waals surface area contributed by atoms with Gasteiger partial charge in [-0.3, -0.25) is 9.59 Å². The molecule has 4 heteroatoms. The molecule has 206 valence electrons. The Labute approximate surface area is 221 Å². The number of unbranched alkanes of at least 4 members (excludes halogenated alkanes) is 6. The van der Waals surface area contributed by atoms with Gasteiger partial charge in [-0.05, 0) is 92.3 Å². The molecule has 0 radical (unpaired) electrons. The van der Waals surface area contributed by atoms with Crippen molar-refractivity contribution in [3.8, 4) is 0 Å². The number of amides is 1. The van der Waals surface area contributed by atoms with Gasteiger partial charge in [0.2, 0.25) is 5.91 Å². The molecule has 0 heterocycles. The molecule has 4 saturated carbocycles. The van der Waals surface area contributed by atoms with Crippen LogP contribution in [0.4, 0.5) is 0 Å². The first-order chi connectivity index (χ1) is 17.2. The Bertz CT molecular complexity index is 766. The predicted octanol–water partition coefficient (Wildman–Crippen LogP) is 7.17. The minimum Gasteiger partial charge on any atom is -0.393 e. The number of fused-ring (bicyclic) bond motifs is 5. The van der Waals surface area contributed by atoms with E-state index in [1.54, 1.807) is 0 Å². The van der Waals surface area contributed by atoms with Crippen molar-refractivity contribution in [2.75, 3.05) is 13.6 Å². The normalized spacial score (nSPS) is 39.9. The van der Waals surface area contributed by atoms with Gasteiger partial charge in [0.1, 0.15) is 5.78 Å². The molecule has 0 aromatic heterocycles. The van der Waals surface area contributed by atoms with Crippen LogP contribution in [0, 0.1) is 40.4 Å². The van der Waals surface area contributed by atoms with Gasteiger partial charge in [0, 0.05) is 32.9 Å². The maximum Gasteiger partial charge on any atom is 0.222 e. The average Bonchev–Trinajstić information content (AvgIpc) is 3.17. The van der Waals surface area contributed by atoms with Gasteiger partial charge in [-0.25, -0.2) is 0 Å². The third kappa shape index (κ3) is 5.59. The fraction of sp³-hybridized carbons (Fsp3) is 0.938. The summed E-state index contributed by atoms with van der Waals surface area (Å²) >= 11 is 0. The van der Waals surface area contributed by atoms with E-state index >= 15 is 0 Å². The molecular weight excluding hydrogens is 446 g/mol. The Morgan fingerprint density at radius 3 is 2.33 bits per heavy atom. The highest BCUT2D eigenvalue weighted by Crippen LogP contribution is 2.67. The Kier molecular flexibility index (Phi) is 9.27. The van der Waals surface area contributed by atoms with E-state index in [1.807, 2.05) is 18.9 Å². The lowest BCUT2D eigenvalue weighted by molar-refractivity contribution is -0.156. The van der Waals surface area contributed by atoms with Crippen molar-refractivity contribution < 1.29 is 14.7 Å². The smallest absolute Gasteiger partial charge is 0.222 e. The zero-order chi connectivity index (χ0) is 25.9. The number of rotatable bonds is 11. The second-order valence-electron chi connectivity index (χ2n) is 13.8. The van der Waals surface area contributed by atoms with Crippen LogP contribution in [-0.4, -0.2) is 41.4 Å². The highest BCUT2D eigenvalue weighted by atomic mass is 16.3. The fourth-order valence-corrected chi connectivity index (χ4v) is 9.42. The Hall–Kier alpha value is -0.900. The molecular formula is C32H55NO3. The lowest BCUT2D eigenvalue weighted by atomic mass is 9.42. The lowest BCUT2D eigenvalue weighted by Crippen LogP contribution is -2.57. The highest BCUT2D eigenvalue weighted by molar-refractivity contribution is 5.79. The number of aliphatic hydroxyl groups excluding tert-OH is 1. The molecule has 4 aliphatic carbocycles. The van der Waals surface area contributed by atoms with Gasteiger partial charge in [0.25, 0.3) is 0 Å². The largest absolute Gasteiger partial charge is 0.393 e. The van der Waals surface area contributed by atoms with E-state index < -0.39 is 0 Å². The molecule has 1 N–H and O–H groups in total. The standard InChI is InChI=1S/C32H55NO3/c1-5-33(4)29(36)14-12-10-8-6-7-9-11-13-23-21-24-22-25(34)17-19-31(24,2)27-18-20-32(3)26(30(23)27)15-16-28(32)35/h23-24,26-28,30,35H,5-22H2,1-4H3/t23-,24+,26+,27+,28+,30+,31+,32+/m1/s1. The van der Waals surface area contributed by atoms with Crippen molar-refractivity contribution in [2.45, 2.75) is 136 Å². The third-order valence-corrected chi connectivity index (χ3v) is 12.0. The second kappa shape index (κ2) is 11.9. The lowest BCUT2D eigenvalue weighted by Gasteiger charge is -2.62. The summed E-state index contributed by atoms with van der Waals surface area (Å²) in [6.45, 7) is 7.77. The van der Waals surface area contributed by atoms with E-state index in [2.05, 4.69) is 13.8 Å². The monoisotopic (exact) mass is 501 g/mol. The van der Waals surface area contributed by atoms with Crippen LogP contribution < -0.4 is 0 Å². The number of ketones is 1. The fourth-order valence-electron chi connectivity index (χ4n) is 9.42. The summed E-state index contributed by atoms with van der Waals surface area (Å²) in [6, 6.07) is 0. The Balaban J connectivity index is 1.27. The van der Waals surface area contributed by atoms with Gasteiger partial charge >= 0.3 is 0 Å². The van der Waals surface area contributed by atoms with Crippen LogP contribution in [0.2, 0.25) is 0 Å². The van der Waals surface area contributed by atoms with E-state index in [0.29, 0.717) is 29.5 Å². The van der Waals surface area contributed by atoms with Crippen LogP contribution >= 0.6 is 0 Å². The SMILES string of the molecule is CCN(C)C(=O)CCCCCCCCC[C@@H]1C[C@H]2CC(=O)CC[C@]2(C)[C@H]2CC[C@]3(C)[C@@H](O)CC[C@H]3[C@H]12. The van der Waals surface area contributed by atoms with E-state index in [0.717, 1.165) is 56.4 Å². The molecule has 4 rings (SSSR count). The van der Waals surface area contributed by atoms with E-state index in [4.69, 9.17) is 0 Å².